The number of rotatable bonds is 7. The maximum atomic E-state index is 13.1. The Morgan fingerprint density at radius 2 is 1.72 bits per heavy atom. The van der Waals surface area contributed by atoms with E-state index in [9.17, 15) is 13.2 Å². The highest BCUT2D eigenvalue weighted by Gasteiger charge is 2.35. The van der Waals surface area contributed by atoms with Gasteiger partial charge in [0.2, 0.25) is 10.0 Å². The lowest BCUT2D eigenvalue weighted by Gasteiger charge is -2.25. The molecule has 7 nitrogen and oxygen atoms in total. The summed E-state index contributed by atoms with van der Waals surface area (Å²) in [6.07, 6.45) is 1.54. The van der Waals surface area contributed by atoms with Gasteiger partial charge in [-0.25, -0.2) is 13.2 Å². The molecule has 0 amide bonds. The summed E-state index contributed by atoms with van der Waals surface area (Å²) in [5, 5.41) is 0. The summed E-state index contributed by atoms with van der Waals surface area (Å²) in [6.45, 7) is 0.474. The van der Waals surface area contributed by atoms with Crippen LogP contribution in [-0.4, -0.2) is 46.6 Å². The van der Waals surface area contributed by atoms with Crippen LogP contribution in [0.3, 0.4) is 0 Å². The van der Waals surface area contributed by atoms with Crippen LogP contribution in [0.2, 0.25) is 0 Å². The van der Waals surface area contributed by atoms with Gasteiger partial charge in [-0.3, -0.25) is 0 Å². The zero-order valence-corrected chi connectivity index (χ0v) is 17.6. The van der Waals surface area contributed by atoms with Crippen LogP contribution in [0.5, 0.6) is 11.5 Å². The minimum Gasteiger partial charge on any atom is -0.493 e. The van der Waals surface area contributed by atoms with Gasteiger partial charge in [-0.2, -0.15) is 4.31 Å². The maximum Gasteiger partial charge on any atom is 0.337 e. The predicted octanol–water partition coefficient (Wildman–Crippen LogP) is 3.16. The second-order valence-corrected chi connectivity index (χ2v) is 8.75. The number of carbonyl (C=O) groups is 1. The van der Waals surface area contributed by atoms with E-state index in [4.69, 9.17) is 9.47 Å². The summed E-state index contributed by atoms with van der Waals surface area (Å²) in [7, 11) is 0.892. The molecule has 8 heteroatoms. The van der Waals surface area contributed by atoms with E-state index >= 15 is 0 Å². The zero-order chi connectivity index (χ0) is 21.0. The third-order valence-electron chi connectivity index (χ3n) is 5.08. The van der Waals surface area contributed by atoms with Crippen LogP contribution in [0, 0.1) is 0 Å². The van der Waals surface area contributed by atoms with E-state index in [0.717, 1.165) is 18.4 Å². The number of sulfonamides is 1. The monoisotopic (exact) mass is 419 g/mol. The first-order valence-corrected chi connectivity index (χ1v) is 10.9. The second-order valence-electron chi connectivity index (χ2n) is 6.83. The maximum absolute atomic E-state index is 13.1. The molecule has 1 unspecified atom stereocenters. The predicted molar refractivity (Wildman–Crippen MR) is 109 cm³/mol. The lowest BCUT2D eigenvalue weighted by atomic mass is 10.0. The lowest BCUT2D eigenvalue weighted by Crippen LogP contribution is -2.31. The second kappa shape index (κ2) is 8.84. The van der Waals surface area contributed by atoms with E-state index < -0.39 is 16.0 Å². The normalized spacial score (nSPS) is 17.1. The number of methoxy groups -OCH3 is 3. The van der Waals surface area contributed by atoms with E-state index in [1.165, 1.54) is 7.11 Å². The number of hydrogen-bond donors (Lipinski definition) is 0. The summed E-state index contributed by atoms with van der Waals surface area (Å²) in [5.41, 5.74) is 1.89. The van der Waals surface area contributed by atoms with Crippen molar-refractivity contribution in [1.29, 1.82) is 0 Å². The van der Waals surface area contributed by atoms with Gasteiger partial charge in [0, 0.05) is 12.6 Å². The third kappa shape index (κ3) is 4.54. The first-order chi connectivity index (χ1) is 13.9. The number of hydrogen-bond acceptors (Lipinski definition) is 6. The van der Waals surface area contributed by atoms with Crippen LogP contribution in [0.4, 0.5) is 0 Å². The Kier molecular flexibility index (Phi) is 6.44. The molecule has 1 atom stereocenters. The van der Waals surface area contributed by atoms with Gasteiger partial charge in [0.15, 0.2) is 11.5 Å². The van der Waals surface area contributed by atoms with Crippen molar-refractivity contribution in [2.75, 3.05) is 27.9 Å². The minimum atomic E-state index is -3.54. The molecule has 0 aromatic heterocycles. The van der Waals surface area contributed by atoms with E-state index in [2.05, 4.69) is 4.74 Å². The molecule has 2 aromatic carbocycles. The standard InChI is InChI=1S/C21H25NO6S/c1-26-19-11-10-17(13-20(19)27-2)18-5-4-12-22(18)29(24,25)14-15-6-8-16(9-7-15)21(23)28-3/h6-11,13,18H,4-5,12,14H2,1-3H3. The number of esters is 1. The number of carbonyl (C=O) groups excluding carboxylic acids is 1. The molecule has 0 radical (unpaired) electrons. The quantitative estimate of drug-likeness (QED) is 0.641. The van der Waals surface area contributed by atoms with E-state index in [0.29, 0.717) is 29.2 Å². The van der Waals surface area contributed by atoms with Crippen LogP contribution < -0.4 is 9.47 Å². The molecule has 0 bridgehead atoms. The summed E-state index contributed by atoms with van der Waals surface area (Å²) in [4.78, 5) is 11.5. The van der Waals surface area contributed by atoms with Gasteiger partial charge in [-0.15, -0.1) is 0 Å². The number of benzene rings is 2. The van der Waals surface area contributed by atoms with Crippen molar-refractivity contribution >= 4 is 16.0 Å². The van der Waals surface area contributed by atoms with Crippen molar-refractivity contribution in [3.63, 3.8) is 0 Å². The zero-order valence-electron chi connectivity index (χ0n) is 16.8. The summed E-state index contributed by atoms with van der Waals surface area (Å²) in [5.74, 6) is 0.604. The van der Waals surface area contributed by atoms with Gasteiger partial charge in [0.25, 0.3) is 0 Å². The van der Waals surface area contributed by atoms with Crippen molar-refractivity contribution in [3.05, 3.63) is 59.2 Å². The molecule has 2 aromatic rings. The lowest BCUT2D eigenvalue weighted by molar-refractivity contribution is 0.0600. The van der Waals surface area contributed by atoms with Crippen LogP contribution in [0.25, 0.3) is 0 Å². The Morgan fingerprint density at radius 3 is 2.34 bits per heavy atom. The highest BCUT2D eigenvalue weighted by atomic mass is 32.2. The summed E-state index contributed by atoms with van der Waals surface area (Å²) in [6, 6.07) is 11.7. The van der Waals surface area contributed by atoms with Crippen molar-refractivity contribution < 1.29 is 27.4 Å². The molecule has 1 aliphatic rings. The largest absolute Gasteiger partial charge is 0.493 e. The number of nitrogens with zero attached hydrogens (tertiary/aromatic N) is 1. The Balaban J connectivity index is 1.81. The van der Waals surface area contributed by atoms with Crippen molar-refractivity contribution in [2.24, 2.45) is 0 Å². The van der Waals surface area contributed by atoms with Crippen LogP contribution in [-0.2, 0) is 20.5 Å². The topological polar surface area (TPSA) is 82.1 Å². The van der Waals surface area contributed by atoms with Gasteiger partial charge in [0.1, 0.15) is 0 Å². The molecule has 29 heavy (non-hydrogen) atoms. The highest BCUT2D eigenvalue weighted by molar-refractivity contribution is 7.88. The average Bonchev–Trinajstić information content (AvgIpc) is 3.24. The molecule has 0 spiro atoms. The highest BCUT2D eigenvalue weighted by Crippen LogP contribution is 2.38. The van der Waals surface area contributed by atoms with Gasteiger partial charge in [-0.1, -0.05) is 18.2 Å². The van der Waals surface area contributed by atoms with E-state index in [1.807, 2.05) is 12.1 Å². The van der Waals surface area contributed by atoms with E-state index in [-0.39, 0.29) is 11.8 Å². The van der Waals surface area contributed by atoms with Gasteiger partial charge in [-0.05, 0) is 48.2 Å². The summed E-state index contributed by atoms with van der Waals surface area (Å²) >= 11 is 0. The van der Waals surface area contributed by atoms with Crippen molar-refractivity contribution in [1.82, 2.24) is 4.31 Å². The van der Waals surface area contributed by atoms with Crippen molar-refractivity contribution in [3.8, 4) is 11.5 Å². The smallest absolute Gasteiger partial charge is 0.337 e. The molecule has 0 saturated carbocycles. The Labute approximate surface area is 171 Å². The first kappa shape index (κ1) is 21.1. The average molecular weight is 419 g/mol. The first-order valence-electron chi connectivity index (χ1n) is 9.28. The van der Waals surface area contributed by atoms with Crippen LogP contribution in [0.1, 0.15) is 40.4 Å². The third-order valence-corrected chi connectivity index (χ3v) is 6.93. The molecular formula is C21H25NO6S. The fraction of sp³-hybridized carbons (Fsp3) is 0.381. The molecule has 0 N–H and O–H groups in total. The Bertz CT molecular complexity index is 971. The molecule has 3 rings (SSSR count). The fourth-order valence-corrected chi connectivity index (χ4v) is 5.42. The van der Waals surface area contributed by atoms with Gasteiger partial charge in [0.05, 0.1) is 32.6 Å². The summed E-state index contributed by atoms with van der Waals surface area (Å²) < 4.78 is 43.1. The van der Waals surface area contributed by atoms with Gasteiger partial charge < -0.3 is 14.2 Å². The number of ether oxygens (including phenoxy) is 3. The SMILES string of the molecule is COC(=O)c1ccc(CS(=O)(=O)N2CCCC2c2ccc(OC)c(OC)c2)cc1. The van der Waals surface area contributed by atoms with Crippen molar-refractivity contribution in [2.45, 2.75) is 24.6 Å². The molecule has 0 aliphatic carbocycles. The molecule has 1 aliphatic heterocycles. The Hall–Kier alpha value is -2.58. The molecular weight excluding hydrogens is 394 g/mol. The van der Waals surface area contributed by atoms with Crippen LogP contribution in [0.15, 0.2) is 42.5 Å². The van der Waals surface area contributed by atoms with Gasteiger partial charge >= 0.3 is 5.97 Å². The molecule has 1 heterocycles. The molecule has 1 fully saturated rings. The molecule has 156 valence electrons. The minimum absolute atomic E-state index is 0.127. The van der Waals surface area contributed by atoms with Crippen LogP contribution >= 0.6 is 0 Å². The Morgan fingerprint density at radius 1 is 1.03 bits per heavy atom. The molecule has 1 saturated heterocycles. The van der Waals surface area contributed by atoms with E-state index in [1.54, 1.807) is 48.9 Å². The fourth-order valence-electron chi connectivity index (χ4n) is 3.61.